The summed E-state index contributed by atoms with van der Waals surface area (Å²) >= 11 is 0. The van der Waals surface area contributed by atoms with Crippen LogP contribution in [0.15, 0.2) is 0 Å². The van der Waals surface area contributed by atoms with E-state index in [0.29, 0.717) is 29.8 Å². The number of carbonyl (C=O) groups is 1. The molecule has 0 fully saturated rings. The van der Waals surface area contributed by atoms with Crippen molar-refractivity contribution in [1.29, 1.82) is 0 Å². The molecule has 0 bridgehead atoms. The average molecular weight is 193 g/mol. The molecule has 0 saturated carbocycles. The summed E-state index contributed by atoms with van der Waals surface area (Å²) in [5.74, 6) is -0.974. The Balaban J connectivity index is 3.78. The highest BCUT2D eigenvalue weighted by Gasteiger charge is 2.16. The SMILES string of the molecule is NCCC[C@H](NN(O)[SiH3])C(=O)O. The molecule has 12 heavy (non-hydrogen) atoms. The normalized spacial score (nSPS) is 13.6. The quantitative estimate of drug-likeness (QED) is 0.278. The Bertz CT molecular complexity index is 144. The zero-order chi connectivity index (χ0) is 9.56. The summed E-state index contributed by atoms with van der Waals surface area (Å²) in [7, 11) is 0.354. The van der Waals surface area contributed by atoms with Gasteiger partial charge in [-0.2, -0.15) is 4.84 Å². The molecular formula is C5H15N3O3Si. The lowest BCUT2D eigenvalue weighted by Gasteiger charge is -2.17. The van der Waals surface area contributed by atoms with Crippen molar-refractivity contribution in [3.05, 3.63) is 0 Å². The Kier molecular flexibility index (Phi) is 5.85. The molecule has 0 unspecified atom stereocenters. The van der Waals surface area contributed by atoms with Gasteiger partial charge in [0.2, 0.25) is 0 Å². The molecule has 0 aromatic carbocycles. The Hall–Kier alpha value is -0.473. The molecule has 0 aromatic rings. The van der Waals surface area contributed by atoms with Gasteiger partial charge in [-0.15, -0.1) is 0 Å². The lowest BCUT2D eigenvalue weighted by Crippen LogP contribution is -2.45. The zero-order valence-corrected chi connectivity index (χ0v) is 9.03. The van der Waals surface area contributed by atoms with Crippen molar-refractivity contribution in [2.24, 2.45) is 5.73 Å². The van der Waals surface area contributed by atoms with E-state index in [0.717, 1.165) is 4.84 Å². The molecule has 0 heterocycles. The van der Waals surface area contributed by atoms with E-state index in [4.69, 9.17) is 16.0 Å². The minimum atomic E-state index is -0.974. The second-order valence-corrected chi connectivity index (χ2v) is 3.32. The maximum Gasteiger partial charge on any atom is 0.322 e. The Morgan fingerprint density at radius 1 is 1.75 bits per heavy atom. The van der Waals surface area contributed by atoms with Gasteiger partial charge < -0.3 is 16.0 Å². The van der Waals surface area contributed by atoms with Gasteiger partial charge >= 0.3 is 5.97 Å². The van der Waals surface area contributed by atoms with Gasteiger partial charge in [-0.25, -0.2) is 5.43 Å². The number of carboxylic acids is 1. The number of nitrogens with zero attached hydrogens (tertiary/aromatic N) is 1. The third-order valence-electron chi connectivity index (χ3n) is 1.34. The average Bonchev–Trinajstić information content (AvgIpc) is 1.96. The number of rotatable bonds is 6. The van der Waals surface area contributed by atoms with Crippen molar-refractivity contribution in [2.75, 3.05) is 6.54 Å². The van der Waals surface area contributed by atoms with Crippen molar-refractivity contribution >= 4 is 16.4 Å². The van der Waals surface area contributed by atoms with Crippen LogP contribution in [0.5, 0.6) is 0 Å². The largest absolute Gasteiger partial charge is 0.480 e. The van der Waals surface area contributed by atoms with Crippen LogP contribution in [0.1, 0.15) is 12.8 Å². The molecule has 5 N–H and O–H groups in total. The van der Waals surface area contributed by atoms with Gasteiger partial charge in [0.05, 0.1) is 0 Å². The lowest BCUT2D eigenvalue weighted by atomic mass is 10.2. The van der Waals surface area contributed by atoms with E-state index in [9.17, 15) is 4.79 Å². The summed E-state index contributed by atoms with van der Waals surface area (Å²) in [4.78, 5) is 11.3. The van der Waals surface area contributed by atoms with Crippen LogP contribution in [0, 0.1) is 0 Å². The third kappa shape index (κ3) is 5.21. The topological polar surface area (TPSA) is 98.8 Å². The highest BCUT2D eigenvalue weighted by atomic mass is 28.2. The fourth-order valence-electron chi connectivity index (χ4n) is 0.791. The molecule has 7 heteroatoms. The van der Waals surface area contributed by atoms with Crippen molar-refractivity contribution in [3.8, 4) is 0 Å². The zero-order valence-electron chi connectivity index (χ0n) is 7.03. The van der Waals surface area contributed by atoms with Gasteiger partial charge in [0.25, 0.3) is 0 Å². The van der Waals surface area contributed by atoms with Crippen molar-refractivity contribution < 1.29 is 15.1 Å². The van der Waals surface area contributed by atoms with E-state index >= 15 is 0 Å². The first kappa shape index (κ1) is 11.5. The first-order valence-electron chi connectivity index (χ1n) is 3.69. The van der Waals surface area contributed by atoms with Gasteiger partial charge in [0.15, 0.2) is 0 Å². The maximum atomic E-state index is 10.5. The summed E-state index contributed by atoms with van der Waals surface area (Å²) < 4.78 is 0. The van der Waals surface area contributed by atoms with Gasteiger partial charge in [-0.05, 0) is 19.4 Å². The minimum Gasteiger partial charge on any atom is -0.480 e. The molecule has 72 valence electrons. The molecule has 0 aromatic heterocycles. The predicted molar refractivity (Wildman–Crippen MR) is 46.4 cm³/mol. The maximum absolute atomic E-state index is 10.5. The first-order chi connectivity index (χ1) is 5.57. The van der Waals surface area contributed by atoms with Gasteiger partial charge in [-0.3, -0.25) is 4.79 Å². The molecule has 0 aliphatic heterocycles. The van der Waals surface area contributed by atoms with E-state index in [2.05, 4.69) is 5.43 Å². The van der Waals surface area contributed by atoms with Crippen LogP contribution in [0.25, 0.3) is 0 Å². The van der Waals surface area contributed by atoms with Crippen LogP contribution < -0.4 is 11.2 Å². The highest BCUT2D eigenvalue weighted by Crippen LogP contribution is 1.96. The fraction of sp³-hybridized carbons (Fsp3) is 0.800. The number of hydrogen-bond acceptors (Lipinski definition) is 5. The molecule has 0 aliphatic rings. The molecule has 1 atom stereocenters. The second kappa shape index (κ2) is 6.09. The molecule has 0 spiro atoms. The van der Waals surface area contributed by atoms with E-state index in [-0.39, 0.29) is 0 Å². The first-order valence-corrected chi connectivity index (χ1v) is 4.59. The molecule has 0 rings (SSSR count). The van der Waals surface area contributed by atoms with Crippen LogP contribution in [0.3, 0.4) is 0 Å². The third-order valence-corrected chi connectivity index (χ3v) is 1.60. The second-order valence-electron chi connectivity index (χ2n) is 2.47. The van der Waals surface area contributed by atoms with E-state index in [1.54, 1.807) is 0 Å². The highest BCUT2D eigenvalue weighted by molar-refractivity contribution is 6.03. The van der Waals surface area contributed by atoms with Crippen LogP contribution >= 0.6 is 0 Å². The van der Waals surface area contributed by atoms with E-state index in [1.165, 1.54) is 0 Å². The van der Waals surface area contributed by atoms with Crippen molar-refractivity contribution in [1.82, 2.24) is 10.3 Å². The smallest absolute Gasteiger partial charge is 0.322 e. The number of aliphatic carboxylic acids is 1. The lowest BCUT2D eigenvalue weighted by molar-refractivity contribution is -0.145. The number of hydrazine groups is 1. The predicted octanol–water partition coefficient (Wildman–Crippen LogP) is -2.35. The molecule has 0 aliphatic carbocycles. The molecular weight excluding hydrogens is 178 g/mol. The summed E-state index contributed by atoms with van der Waals surface area (Å²) in [6.45, 7) is 0.456. The Morgan fingerprint density at radius 2 is 2.33 bits per heavy atom. The molecule has 0 radical (unpaired) electrons. The van der Waals surface area contributed by atoms with Crippen molar-refractivity contribution in [2.45, 2.75) is 18.9 Å². The summed E-state index contributed by atoms with van der Waals surface area (Å²) in [6.07, 6.45) is 1.05. The minimum absolute atomic E-state index is 0.354. The summed E-state index contributed by atoms with van der Waals surface area (Å²) in [6, 6.07) is -0.740. The Labute approximate surface area is 73.8 Å². The van der Waals surface area contributed by atoms with Crippen molar-refractivity contribution in [3.63, 3.8) is 0 Å². The standard InChI is InChI=1S/C5H15N3O3Si/c6-3-1-2-4(5(9)10)7-8(11)12/h4,7,11H,1-3,6H2,12H3,(H,9,10)/t4-/m0/s1. The summed E-state index contributed by atoms with van der Waals surface area (Å²) in [5, 5.41) is 17.4. The van der Waals surface area contributed by atoms with Gasteiger partial charge in [-0.1, -0.05) is 0 Å². The Morgan fingerprint density at radius 3 is 2.67 bits per heavy atom. The molecule has 6 nitrogen and oxygen atoms in total. The molecule has 0 saturated heterocycles. The fourth-order valence-corrected chi connectivity index (χ4v) is 1.10. The van der Waals surface area contributed by atoms with Gasteiger partial charge in [0, 0.05) is 0 Å². The van der Waals surface area contributed by atoms with Gasteiger partial charge in [0.1, 0.15) is 16.4 Å². The van der Waals surface area contributed by atoms with E-state index in [1.807, 2.05) is 0 Å². The van der Waals surface area contributed by atoms with Crippen LogP contribution in [0.2, 0.25) is 0 Å². The summed E-state index contributed by atoms with van der Waals surface area (Å²) in [5.41, 5.74) is 7.63. The number of carboxylic acid groups (broad SMARTS) is 1. The van der Waals surface area contributed by atoms with E-state index < -0.39 is 12.0 Å². The number of hydrogen-bond donors (Lipinski definition) is 4. The van der Waals surface area contributed by atoms with Crippen LogP contribution in [0.4, 0.5) is 0 Å². The number of nitrogens with two attached hydrogens (primary N) is 1. The van der Waals surface area contributed by atoms with Crippen LogP contribution in [-0.4, -0.2) is 44.1 Å². The monoisotopic (exact) mass is 193 g/mol. The number of nitrogens with one attached hydrogen (secondary N) is 1. The van der Waals surface area contributed by atoms with Crippen LogP contribution in [-0.2, 0) is 4.79 Å². The molecule has 0 amide bonds.